The molecule has 0 spiro atoms. The number of aromatic amines is 1. The predicted octanol–water partition coefficient (Wildman–Crippen LogP) is -1.49. The number of hydrogen-bond acceptors (Lipinski definition) is 7. The number of aliphatic hydroxyl groups is 1. The van der Waals surface area contributed by atoms with Gasteiger partial charge in [0.05, 0.1) is 19.0 Å². The number of rotatable bonds is 13. The smallest absolute Gasteiger partial charge is 0.328 e. The highest BCUT2D eigenvalue weighted by atomic mass is 16.4. The Bertz CT molecular complexity index is 769. The second-order valence-electron chi connectivity index (χ2n) is 8.07. The van der Waals surface area contributed by atoms with Crippen LogP contribution in [0, 0.1) is 11.8 Å². The summed E-state index contributed by atoms with van der Waals surface area (Å²) in [5, 5.41) is 25.6. The topological polar surface area (TPSA) is 200 Å². The molecule has 0 aromatic carbocycles. The number of imidazole rings is 1. The number of aliphatic hydroxyl groups excluding tert-OH is 1. The molecule has 0 fully saturated rings. The number of aliphatic carboxylic acids is 1. The maximum atomic E-state index is 13.0. The summed E-state index contributed by atoms with van der Waals surface area (Å²) < 4.78 is 0. The Morgan fingerprint density at radius 3 is 2.16 bits per heavy atom. The van der Waals surface area contributed by atoms with Crippen LogP contribution in [0.2, 0.25) is 0 Å². The largest absolute Gasteiger partial charge is 0.480 e. The van der Waals surface area contributed by atoms with Gasteiger partial charge in [0.1, 0.15) is 18.1 Å². The zero-order valence-electron chi connectivity index (χ0n) is 18.8. The number of nitrogens with two attached hydrogens (primary N) is 1. The van der Waals surface area contributed by atoms with E-state index in [4.69, 9.17) is 15.9 Å². The predicted molar refractivity (Wildman–Crippen MR) is 115 cm³/mol. The molecular weight excluding hydrogens is 420 g/mol. The Kier molecular flexibility index (Phi) is 10.8. The third-order valence-corrected chi connectivity index (χ3v) is 5.22. The Balaban J connectivity index is 3.01. The number of carboxylic acids is 1. The van der Waals surface area contributed by atoms with Crippen molar-refractivity contribution in [2.24, 2.45) is 17.6 Å². The molecule has 12 heteroatoms. The molecule has 180 valence electrons. The Labute approximate surface area is 186 Å². The first-order chi connectivity index (χ1) is 15.0. The number of hydrogen-bond donors (Lipinski definition) is 7. The number of aromatic nitrogens is 2. The minimum Gasteiger partial charge on any atom is -0.480 e. The number of nitrogens with one attached hydrogen (secondary N) is 4. The first-order valence-corrected chi connectivity index (χ1v) is 10.5. The lowest BCUT2D eigenvalue weighted by atomic mass is 9.98. The molecule has 8 N–H and O–H groups in total. The summed E-state index contributed by atoms with van der Waals surface area (Å²) in [5.41, 5.74) is 6.56. The van der Waals surface area contributed by atoms with E-state index in [0.29, 0.717) is 12.1 Å². The van der Waals surface area contributed by atoms with Gasteiger partial charge in [-0.15, -0.1) is 0 Å². The molecule has 0 bridgehead atoms. The number of carbonyl (C=O) groups is 4. The van der Waals surface area contributed by atoms with Gasteiger partial charge in [-0.2, -0.15) is 0 Å². The summed E-state index contributed by atoms with van der Waals surface area (Å²) in [6, 6.07) is -4.47. The summed E-state index contributed by atoms with van der Waals surface area (Å²) in [5.74, 6) is -3.83. The van der Waals surface area contributed by atoms with E-state index in [1.165, 1.54) is 12.5 Å². The number of carboxylic acid groups (broad SMARTS) is 1. The van der Waals surface area contributed by atoms with E-state index < -0.39 is 60.4 Å². The summed E-state index contributed by atoms with van der Waals surface area (Å²) in [7, 11) is 0. The van der Waals surface area contributed by atoms with Gasteiger partial charge in [-0.25, -0.2) is 9.78 Å². The monoisotopic (exact) mass is 454 g/mol. The van der Waals surface area contributed by atoms with Crippen LogP contribution in [-0.2, 0) is 25.6 Å². The van der Waals surface area contributed by atoms with E-state index in [0.717, 1.165) is 0 Å². The fraction of sp³-hybridized carbons (Fsp3) is 0.650. The van der Waals surface area contributed by atoms with Crippen molar-refractivity contribution < 1.29 is 29.4 Å². The number of carbonyl (C=O) groups excluding carboxylic acids is 3. The van der Waals surface area contributed by atoms with Gasteiger partial charge in [0.2, 0.25) is 17.7 Å². The molecule has 5 atom stereocenters. The van der Waals surface area contributed by atoms with Crippen LogP contribution in [0.4, 0.5) is 0 Å². The fourth-order valence-corrected chi connectivity index (χ4v) is 2.84. The highest BCUT2D eigenvalue weighted by Crippen LogP contribution is 2.08. The third-order valence-electron chi connectivity index (χ3n) is 5.22. The van der Waals surface area contributed by atoms with Gasteiger partial charge >= 0.3 is 5.97 Å². The molecule has 0 aliphatic rings. The lowest BCUT2D eigenvalue weighted by Crippen LogP contribution is -2.59. The van der Waals surface area contributed by atoms with Crippen LogP contribution < -0.4 is 21.7 Å². The van der Waals surface area contributed by atoms with Crippen molar-refractivity contribution in [3.8, 4) is 0 Å². The molecule has 0 saturated heterocycles. The van der Waals surface area contributed by atoms with E-state index in [1.807, 2.05) is 13.8 Å². The first-order valence-electron chi connectivity index (χ1n) is 10.5. The SMILES string of the molecule is CCC(C)C(N)C(=O)NC(Cc1cnc[nH]1)C(=O)NC(C(=O)NC(CO)C(=O)O)C(C)C. The molecule has 1 aromatic rings. The second kappa shape index (κ2) is 12.8. The van der Waals surface area contributed by atoms with Crippen LogP contribution in [0.5, 0.6) is 0 Å². The molecule has 12 nitrogen and oxygen atoms in total. The molecule has 0 radical (unpaired) electrons. The molecule has 1 rings (SSSR count). The van der Waals surface area contributed by atoms with E-state index >= 15 is 0 Å². The summed E-state index contributed by atoms with van der Waals surface area (Å²) >= 11 is 0. The van der Waals surface area contributed by atoms with Gasteiger partial charge < -0.3 is 36.9 Å². The van der Waals surface area contributed by atoms with Crippen molar-refractivity contribution in [2.45, 2.75) is 64.7 Å². The van der Waals surface area contributed by atoms with Crippen LogP contribution >= 0.6 is 0 Å². The van der Waals surface area contributed by atoms with E-state index in [2.05, 4.69) is 25.9 Å². The Morgan fingerprint density at radius 1 is 1.06 bits per heavy atom. The zero-order chi connectivity index (χ0) is 24.4. The quantitative estimate of drug-likeness (QED) is 0.187. The Hall–Kier alpha value is -2.99. The summed E-state index contributed by atoms with van der Waals surface area (Å²) in [6.45, 7) is 6.26. The fourth-order valence-electron chi connectivity index (χ4n) is 2.84. The maximum Gasteiger partial charge on any atom is 0.328 e. The minimum atomic E-state index is -1.50. The van der Waals surface area contributed by atoms with Crippen LogP contribution in [0.15, 0.2) is 12.5 Å². The van der Waals surface area contributed by atoms with Gasteiger partial charge in [0.15, 0.2) is 0 Å². The summed E-state index contributed by atoms with van der Waals surface area (Å²) in [6.07, 6.45) is 3.69. The molecule has 5 unspecified atom stereocenters. The van der Waals surface area contributed by atoms with E-state index in [1.54, 1.807) is 13.8 Å². The minimum absolute atomic E-state index is 0.0750. The zero-order valence-corrected chi connectivity index (χ0v) is 18.8. The average Bonchev–Trinajstić information content (AvgIpc) is 3.26. The van der Waals surface area contributed by atoms with Crippen LogP contribution in [0.3, 0.4) is 0 Å². The van der Waals surface area contributed by atoms with Crippen molar-refractivity contribution in [2.75, 3.05) is 6.61 Å². The molecule has 32 heavy (non-hydrogen) atoms. The van der Waals surface area contributed by atoms with Crippen molar-refractivity contribution >= 4 is 23.7 Å². The molecule has 1 heterocycles. The molecule has 0 aliphatic carbocycles. The lowest BCUT2D eigenvalue weighted by Gasteiger charge is -2.27. The lowest BCUT2D eigenvalue weighted by molar-refractivity contribution is -0.143. The van der Waals surface area contributed by atoms with Crippen molar-refractivity contribution in [3.05, 3.63) is 18.2 Å². The highest BCUT2D eigenvalue weighted by Gasteiger charge is 2.32. The standard InChI is InChI=1S/C20H34N6O6/c1-5-11(4)15(21)18(29)24-13(6-12-7-22-9-23-12)17(28)26-16(10(2)3)19(30)25-14(8-27)20(31)32/h7,9-11,13-16,27H,5-6,8,21H2,1-4H3,(H,22,23)(H,24,29)(H,25,30)(H,26,28)(H,31,32). The van der Waals surface area contributed by atoms with Gasteiger partial charge in [0.25, 0.3) is 0 Å². The molecule has 0 aliphatic heterocycles. The Morgan fingerprint density at radius 2 is 1.69 bits per heavy atom. The normalized spacial score (nSPS) is 15.8. The number of amides is 3. The maximum absolute atomic E-state index is 13.0. The van der Waals surface area contributed by atoms with Crippen molar-refractivity contribution in [1.82, 2.24) is 25.9 Å². The average molecular weight is 455 g/mol. The van der Waals surface area contributed by atoms with Crippen molar-refractivity contribution in [3.63, 3.8) is 0 Å². The highest BCUT2D eigenvalue weighted by molar-refractivity contribution is 5.94. The van der Waals surface area contributed by atoms with Gasteiger partial charge in [-0.3, -0.25) is 14.4 Å². The van der Waals surface area contributed by atoms with Crippen molar-refractivity contribution in [1.29, 1.82) is 0 Å². The van der Waals surface area contributed by atoms with Gasteiger partial charge in [-0.1, -0.05) is 34.1 Å². The number of H-pyrrole nitrogens is 1. The number of nitrogens with zero attached hydrogens (tertiary/aromatic N) is 1. The third kappa shape index (κ3) is 7.93. The molecule has 1 aromatic heterocycles. The molecule has 0 saturated carbocycles. The molecular formula is C20H34N6O6. The van der Waals surface area contributed by atoms with Crippen LogP contribution in [-0.4, -0.2) is 74.6 Å². The first kappa shape index (κ1) is 27.0. The molecule has 3 amide bonds. The van der Waals surface area contributed by atoms with Gasteiger partial charge in [-0.05, 0) is 11.8 Å². The van der Waals surface area contributed by atoms with Crippen LogP contribution in [0.25, 0.3) is 0 Å². The van der Waals surface area contributed by atoms with E-state index in [9.17, 15) is 19.2 Å². The van der Waals surface area contributed by atoms with Gasteiger partial charge in [0, 0.05) is 18.3 Å². The second-order valence-corrected chi connectivity index (χ2v) is 8.07. The van der Waals surface area contributed by atoms with Crippen LogP contribution in [0.1, 0.15) is 39.8 Å². The summed E-state index contributed by atoms with van der Waals surface area (Å²) in [4.78, 5) is 56.0. The van der Waals surface area contributed by atoms with E-state index in [-0.39, 0.29) is 12.3 Å².